The molecule has 25 heavy (non-hydrogen) atoms. The van der Waals surface area contributed by atoms with E-state index in [1.807, 2.05) is 0 Å². The smallest absolute Gasteiger partial charge is 0.337 e. The predicted octanol–water partition coefficient (Wildman–Crippen LogP) is 3.07. The fourth-order valence-corrected chi connectivity index (χ4v) is 3.29. The third kappa shape index (κ3) is 3.22. The second-order valence-corrected chi connectivity index (χ2v) is 6.66. The van der Waals surface area contributed by atoms with E-state index >= 15 is 0 Å². The van der Waals surface area contributed by atoms with Crippen LogP contribution in [-0.4, -0.2) is 46.5 Å². The van der Waals surface area contributed by atoms with Gasteiger partial charge in [0.25, 0.3) is 5.91 Å². The van der Waals surface area contributed by atoms with Gasteiger partial charge in [-0.25, -0.2) is 4.98 Å². The molecule has 1 atom stereocenters. The third-order valence-corrected chi connectivity index (χ3v) is 4.61. The van der Waals surface area contributed by atoms with Crippen molar-refractivity contribution in [2.24, 2.45) is 0 Å². The average molecular weight is 354 g/mol. The molecular weight excluding hydrogens is 333 g/mol. The van der Waals surface area contributed by atoms with E-state index in [9.17, 15) is 18.0 Å². The number of alkyl halides is 3. The number of carbonyl (C=O) groups is 1. The van der Waals surface area contributed by atoms with Crippen molar-refractivity contribution in [1.82, 2.24) is 19.8 Å². The van der Waals surface area contributed by atoms with Crippen molar-refractivity contribution >= 4 is 16.9 Å². The van der Waals surface area contributed by atoms with Gasteiger partial charge in [-0.15, -0.1) is 0 Å². The SMILES string of the molecule is CC(C)n1c(C(F)(F)F)nc2cc(C(=O)N(C)[C@@H]3CCNC3)ccc21. The van der Waals surface area contributed by atoms with Crippen LogP contribution < -0.4 is 5.32 Å². The number of halogens is 3. The number of imidazole rings is 1. The zero-order chi connectivity index (χ0) is 18.4. The van der Waals surface area contributed by atoms with Crippen molar-refractivity contribution in [3.63, 3.8) is 0 Å². The zero-order valence-corrected chi connectivity index (χ0v) is 14.4. The van der Waals surface area contributed by atoms with E-state index in [0.717, 1.165) is 24.1 Å². The summed E-state index contributed by atoms with van der Waals surface area (Å²) >= 11 is 0. The number of aromatic nitrogens is 2. The number of nitrogens with zero attached hydrogens (tertiary/aromatic N) is 3. The summed E-state index contributed by atoms with van der Waals surface area (Å²) in [5.41, 5.74) is 0.915. The first-order valence-corrected chi connectivity index (χ1v) is 8.27. The minimum Gasteiger partial charge on any atom is -0.337 e. The van der Waals surface area contributed by atoms with Gasteiger partial charge in [-0.1, -0.05) is 0 Å². The van der Waals surface area contributed by atoms with Gasteiger partial charge in [-0.3, -0.25) is 4.79 Å². The van der Waals surface area contributed by atoms with Crippen LogP contribution in [-0.2, 0) is 6.18 Å². The van der Waals surface area contributed by atoms with Crippen LogP contribution in [0.15, 0.2) is 18.2 Å². The Hall–Kier alpha value is -2.09. The number of hydrogen-bond acceptors (Lipinski definition) is 3. The Kier molecular flexibility index (Phi) is 4.49. The number of benzene rings is 1. The summed E-state index contributed by atoms with van der Waals surface area (Å²) in [6, 6.07) is 4.28. The Morgan fingerprint density at radius 3 is 2.68 bits per heavy atom. The first-order chi connectivity index (χ1) is 11.7. The second kappa shape index (κ2) is 6.33. The molecule has 136 valence electrons. The van der Waals surface area contributed by atoms with E-state index in [-0.39, 0.29) is 17.5 Å². The maximum absolute atomic E-state index is 13.3. The first-order valence-electron chi connectivity index (χ1n) is 8.27. The lowest BCUT2D eigenvalue weighted by atomic mass is 10.1. The third-order valence-electron chi connectivity index (χ3n) is 4.61. The van der Waals surface area contributed by atoms with E-state index < -0.39 is 18.0 Å². The maximum Gasteiger partial charge on any atom is 0.449 e. The molecule has 8 heteroatoms. The lowest BCUT2D eigenvalue weighted by Crippen LogP contribution is -2.38. The van der Waals surface area contributed by atoms with Crippen LogP contribution >= 0.6 is 0 Å². The molecule has 3 rings (SSSR count). The molecule has 0 spiro atoms. The highest BCUT2D eigenvalue weighted by Gasteiger charge is 2.38. The maximum atomic E-state index is 13.3. The molecule has 0 unspecified atom stereocenters. The van der Waals surface area contributed by atoms with Crippen LogP contribution in [0.2, 0.25) is 0 Å². The number of fused-ring (bicyclic) bond motifs is 1. The van der Waals surface area contributed by atoms with Crippen LogP contribution in [0, 0.1) is 0 Å². The van der Waals surface area contributed by atoms with Crippen molar-refractivity contribution in [1.29, 1.82) is 0 Å². The minimum absolute atomic E-state index is 0.0992. The van der Waals surface area contributed by atoms with Gasteiger partial charge >= 0.3 is 6.18 Å². The van der Waals surface area contributed by atoms with Crippen LogP contribution in [0.5, 0.6) is 0 Å². The van der Waals surface area contributed by atoms with E-state index in [1.54, 1.807) is 37.9 Å². The quantitative estimate of drug-likeness (QED) is 0.922. The summed E-state index contributed by atoms with van der Waals surface area (Å²) < 4.78 is 41.0. The van der Waals surface area contributed by atoms with Crippen molar-refractivity contribution in [3.8, 4) is 0 Å². The Morgan fingerprint density at radius 1 is 1.40 bits per heavy atom. The number of rotatable bonds is 3. The Balaban J connectivity index is 2.01. The Morgan fingerprint density at radius 2 is 2.12 bits per heavy atom. The summed E-state index contributed by atoms with van der Waals surface area (Å²) in [5, 5.41) is 3.19. The molecule has 1 amide bonds. The molecule has 1 aliphatic rings. The molecule has 1 N–H and O–H groups in total. The van der Waals surface area contributed by atoms with Gasteiger partial charge in [0.15, 0.2) is 0 Å². The first kappa shape index (κ1) is 17.7. The van der Waals surface area contributed by atoms with Gasteiger partial charge < -0.3 is 14.8 Å². The second-order valence-electron chi connectivity index (χ2n) is 6.66. The average Bonchev–Trinajstić information content (AvgIpc) is 3.19. The monoisotopic (exact) mass is 354 g/mol. The molecule has 1 saturated heterocycles. The molecule has 0 bridgehead atoms. The molecule has 2 aromatic rings. The van der Waals surface area contributed by atoms with E-state index in [4.69, 9.17) is 0 Å². The molecule has 2 heterocycles. The highest BCUT2D eigenvalue weighted by atomic mass is 19.4. The van der Waals surface area contributed by atoms with Gasteiger partial charge in [0.2, 0.25) is 5.82 Å². The minimum atomic E-state index is -4.54. The molecule has 5 nitrogen and oxygen atoms in total. The van der Waals surface area contributed by atoms with Crippen LogP contribution in [0.4, 0.5) is 13.2 Å². The van der Waals surface area contributed by atoms with Gasteiger partial charge in [0.05, 0.1) is 11.0 Å². The molecule has 0 saturated carbocycles. The van der Waals surface area contributed by atoms with Crippen molar-refractivity contribution in [2.45, 2.75) is 38.5 Å². The molecule has 1 aromatic carbocycles. The fraction of sp³-hybridized carbons (Fsp3) is 0.529. The predicted molar refractivity (Wildman–Crippen MR) is 88.5 cm³/mol. The number of likely N-dealkylation sites (N-methyl/N-ethyl adjacent to an activating group) is 1. The van der Waals surface area contributed by atoms with Crippen LogP contribution in [0.3, 0.4) is 0 Å². The van der Waals surface area contributed by atoms with Gasteiger partial charge in [0.1, 0.15) is 0 Å². The van der Waals surface area contributed by atoms with Crippen molar-refractivity contribution < 1.29 is 18.0 Å². The van der Waals surface area contributed by atoms with E-state index in [0.29, 0.717) is 11.1 Å². The lowest BCUT2D eigenvalue weighted by Gasteiger charge is -2.23. The molecule has 0 aliphatic carbocycles. The van der Waals surface area contributed by atoms with Crippen LogP contribution in [0.25, 0.3) is 11.0 Å². The lowest BCUT2D eigenvalue weighted by molar-refractivity contribution is -0.147. The van der Waals surface area contributed by atoms with E-state index in [2.05, 4.69) is 10.3 Å². The van der Waals surface area contributed by atoms with E-state index in [1.165, 1.54) is 6.07 Å². The van der Waals surface area contributed by atoms with Crippen LogP contribution in [0.1, 0.15) is 42.5 Å². The molecule has 1 aromatic heterocycles. The zero-order valence-electron chi connectivity index (χ0n) is 14.4. The van der Waals surface area contributed by atoms with Crippen molar-refractivity contribution in [2.75, 3.05) is 20.1 Å². The summed E-state index contributed by atoms with van der Waals surface area (Å²) in [7, 11) is 1.72. The number of carbonyl (C=O) groups excluding carboxylic acids is 1. The molecule has 1 fully saturated rings. The number of amides is 1. The highest BCUT2D eigenvalue weighted by molar-refractivity contribution is 5.97. The number of hydrogen-bond donors (Lipinski definition) is 1. The molecule has 0 radical (unpaired) electrons. The summed E-state index contributed by atoms with van der Waals surface area (Å²) in [4.78, 5) is 18.0. The topological polar surface area (TPSA) is 50.2 Å². The summed E-state index contributed by atoms with van der Waals surface area (Å²) in [5.74, 6) is -1.14. The highest BCUT2D eigenvalue weighted by Crippen LogP contribution is 2.34. The normalized spacial score (nSPS) is 18.3. The van der Waals surface area contributed by atoms with Crippen molar-refractivity contribution in [3.05, 3.63) is 29.6 Å². The molecule has 1 aliphatic heterocycles. The van der Waals surface area contributed by atoms with Gasteiger partial charge in [-0.05, 0) is 45.0 Å². The largest absolute Gasteiger partial charge is 0.449 e. The standard InChI is InChI=1S/C17H21F3N4O/c1-10(2)24-14-5-4-11(8-13(14)22-16(24)17(18,19)20)15(25)23(3)12-6-7-21-9-12/h4-5,8,10,12,21H,6-7,9H2,1-3H3/t12-/m1/s1. The number of nitrogens with one attached hydrogen (secondary N) is 1. The fourth-order valence-electron chi connectivity index (χ4n) is 3.29. The summed E-state index contributed by atoms with van der Waals surface area (Å²) in [6.45, 7) is 4.94. The van der Waals surface area contributed by atoms with Gasteiger partial charge in [-0.2, -0.15) is 13.2 Å². The molecular formula is C17H21F3N4O. The summed E-state index contributed by atoms with van der Waals surface area (Å²) in [6.07, 6.45) is -3.68. The Bertz CT molecular complexity index is 791. The van der Waals surface area contributed by atoms with Gasteiger partial charge in [0, 0.05) is 31.2 Å². The Labute approximate surface area is 143 Å².